The molecule has 20 heavy (non-hydrogen) atoms. The highest BCUT2D eigenvalue weighted by Gasteiger charge is 2.24. The number of rotatable bonds is 7. The van der Waals surface area contributed by atoms with E-state index in [1.165, 1.54) is 0 Å². The lowest BCUT2D eigenvalue weighted by Gasteiger charge is -2.25. The molecule has 0 aliphatic heterocycles. The van der Waals surface area contributed by atoms with Crippen LogP contribution in [0, 0.1) is 12.3 Å². The van der Waals surface area contributed by atoms with Gasteiger partial charge in [0.15, 0.2) is 0 Å². The predicted octanol–water partition coefficient (Wildman–Crippen LogP) is 1.65. The molecule has 0 heterocycles. The molecule has 0 radical (unpaired) electrons. The number of benzene rings is 1. The van der Waals surface area contributed by atoms with Crippen molar-refractivity contribution in [3.63, 3.8) is 0 Å². The molecule has 0 atom stereocenters. The summed E-state index contributed by atoms with van der Waals surface area (Å²) in [5.74, 6) is 0. The van der Waals surface area contributed by atoms with Gasteiger partial charge in [0.25, 0.3) is 0 Å². The van der Waals surface area contributed by atoms with E-state index in [1.54, 1.807) is 25.1 Å². The van der Waals surface area contributed by atoms with Crippen molar-refractivity contribution in [2.24, 2.45) is 5.41 Å². The van der Waals surface area contributed by atoms with Gasteiger partial charge in [-0.1, -0.05) is 26.0 Å². The molecule has 1 aromatic rings. The summed E-state index contributed by atoms with van der Waals surface area (Å²) in [6.07, 6.45) is 1.40. The molecule has 114 valence electrons. The molecule has 0 bridgehead atoms. The van der Waals surface area contributed by atoms with Crippen molar-refractivity contribution in [3.05, 3.63) is 23.8 Å². The van der Waals surface area contributed by atoms with E-state index < -0.39 is 10.0 Å². The number of nitrogens with two attached hydrogens (primary N) is 1. The van der Waals surface area contributed by atoms with Gasteiger partial charge in [-0.15, -0.1) is 0 Å². The predicted molar refractivity (Wildman–Crippen MR) is 80.9 cm³/mol. The molecule has 1 rings (SSSR count). The molecule has 0 aromatic heterocycles. The zero-order chi connectivity index (χ0) is 15.4. The van der Waals surface area contributed by atoms with E-state index in [9.17, 15) is 8.42 Å². The van der Waals surface area contributed by atoms with Crippen LogP contribution in [0.15, 0.2) is 23.1 Å². The summed E-state index contributed by atoms with van der Waals surface area (Å²) in [4.78, 5) is 0.151. The van der Waals surface area contributed by atoms with Crippen LogP contribution in [0.4, 0.5) is 5.69 Å². The Hall–Kier alpha value is -1.11. The fourth-order valence-corrected chi connectivity index (χ4v) is 3.65. The molecule has 0 spiro atoms. The largest absolute Gasteiger partial charge is 0.398 e. The van der Waals surface area contributed by atoms with Gasteiger partial charge in [-0.3, -0.25) is 0 Å². The van der Waals surface area contributed by atoms with E-state index in [1.807, 2.05) is 13.8 Å². The fourth-order valence-electron chi connectivity index (χ4n) is 2.05. The standard InChI is InChI=1S/C14H24N2O3S/c1-11-6-4-7-12(15)13(11)20(18,19)16-10-14(2,3)8-5-9-17/h4,6-7,16-17H,5,8-10,15H2,1-3H3. The summed E-state index contributed by atoms with van der Waals surface area (Å²) in [6, 6.07) is 5.04. The van der Waals surface area contributed by atoms with E-state index in [2.05, 4.69) is 4.72 Å². The lowest BCUT2D eigenvalue weighted by Crippen LogP contribution is -2.34. The highest BCUT2D eigenvalue weighted by atomic mass is 32.2. The molecular formula is C14H24N2O3S. The molecule has 0 aliphatic rings. The summed E-state index contributed by atoms with van der Waals surface area (Å²) in [5, 5.41) is 8.85. The van der Waals surface area contributed by atoms with Gasteiger partial charge in [-0.25, -0.2) is 13.1 Å². The number of nitrogens with one attached hydrogen (secondary N) is 1. The van der Waals surface area contributed by atoms with Crippen LogP contribution in [-0.4, -0.2) is 26.7 Å². The van der Waals surface area contributed by atoms with E-state index in [-0.39, 0.29) is 22.6 Å². The molecule has 0 fully saturated rings. The molecule has 5 nitrogen and oxygen atoms in total. The molecule has 0 unspecified atom stereocenters. The maximum atomic E-state index is 12.4. The third-order valence-electron chi connectivity index (χ3n) is 3.26. The second-order valence-corrected chi connectivity index (χ2v) is 7.51. The van der Waals surface area contributed by atoms with Gasteiger partial charge < -0.3 is 10.8 Å². The van der Waals surface area contributed by atoms with Crippen molar-refractivity contribution >= 4 is 15.7 Å². The summed E-state index contributed by atoms with van der Waals surface area (Å²) in [6.45, 7) is 6.07. The van der Waals surface area contributed by atoms with Crippen LogP contribution in [0.25, 0.3) is 0 Å². The van der Waals surface area contributed by atoms with Crippen LogP contribution in [0.3, 0.4) is 0 Å². The maximum Gasteiger partial charge on any atom is 0.242 e. The Morgan fingerprint density at radius 3 is 2.55 bits per heavy atom. The van der Waals surface area contributed by atoms with Gasteiger partial charge in [0.2, 0.25) is 10.0 Å². The average Bonchev–Trinajstić information content (AvgIpc) is 2.34. The first-order valence-electron chi connectivity index (χ1n) is 6.65. The lowest BCUT2D eigenvalue weighted by molar-refractivity contribution is 0.242. The summed E-state index contributed by atoms with van der Waals surface area (Å²) in [5.41, 5.74) is 6.45. The lowest BCUT2D eigenvalue weighted by atomic mass is 9.88. The minimum Gasteiger partial charge on any atom is -0.398 e. The van der Waals surface area contributed by atoms with E-state index in [0.717, 1.165) is 6.42 Å². The Morgan fingerprint density at radius 1 is 1.35 bits per heavy atom. The van der Waals surface area contributed by atoms with Crippen LogP contribution in [0.1, 0.15) is 32.3 Å². The summed E-state index contributed by atoms with van der Waals surface area (Å²) < 4.78 is 27.3. The van der Waals surface area contributed by atoms with Gasteiger partial charge in [0, 0.05) is 13.2 Å². The molecule has 0 saturated heterocycles. The Bertz CT molecular complexity index is 533. The fraction of sp³-hybridized carbons (Fsp3) is 0.571. The Kier molecular flexibility index (Phi) is 5.56. The number of nitrogen functional groups attached to an aromatic ring is 1. The zero-order valence-corrected chi connectivity index (χ0v) is 13.1. The van der Waals surface area contributed by atoms with E-state index >= 15 is 0 Å². The zero-order valence-electron chi connectivity index (χ0n) is 12.3. The topological polar surface area (TPSA) is 92.4 Å². The number of hydrogen-bond acceptors (Lipinski definition) is 4. The highest BCUT2D eigenvalue weighted by Crippen LogP contribution is 2.25. The van der Waals surface area contributed by atoms with Crippen LogP contribution in [-0.2, 0) is 10.0 Å². The van der Waals surface area contributed by atoms with Crippen molar-refractivity contribution in [1.29, 1.82) is 0 Å². The minimum absolute atomic E-state index is 0.112. The second-order valence-electron chi connectivity index (χ2n) is 5.81. The summed E-state index contributed by atoms with van der Waals surface area (Å²) in [7, 11) is -3.62. The molecule has 0 saturated carbocycles. The third-order valence-corrected chi connectivity index (χ3v) is 4.88. The van der Waals surface area contributed by atoms with E-state index in [4.69, 9.17) is 10.8 Å². The van der Waals surface area contributed by atoms with Crippen molar-refractivity contribution in [1.82, 2.24) is 4.72 Å². The third kappa shape index (κ3) is 4.47. The van der Waals surface area contributed by atoms with E-state index in [0.29, 0.717) is 18.5 Å². The first-order chi connectivity index (χ1) is 9.19. The molecule has 0 amide bonds. The minimum atomic E-state index is -3.62. The molecule has 0 aliphatic carbocycles. The van der Waals surface area contributed by atoms with Crippen molar-refractivity contribution < 1.29 is 13.5 Å². The van der Waals surface area contributed by atoms with Crippen molar-refractivity contribution in [2.75, 3.05) is 18.9 Å². The SMILES string of the molecule is Cc1cccc(N)c1S(=O)(=O)NCC(C)(C)CCCO. The first kappa shape index (κ1) is 16.9. The van der Waals surface area contributed by atoms with Gasteiger partial charge >= 0.3 is 0 Å². The Labute approximate surface area is 121 Å². The average molecular weight is 300 g/mol. The quantitative estimate of drug-likeness (QED) is 0.668. The van der Waals surface area contributed by atoms with Gasteiger partial charge in [-0.05, 0) is 36.8 Å². The number of aliphatic hydroxyl groups excluding tert-OH is 1. The number of aliphatic hydroxyl groups is 1. The van der Waals surface area contributed by atoms with Crippen LogP contribution in [0.5, 0.6) is 0 Å². The summed E-state index contributed by atoms with van der Waals surface area (Å²) >= 11 is 0. The molecule has 6 heteroatoms. The molecule has 4 N–H and O–H groups in total. The number of sulfonamides is 1. The van der Waals surface area contributed by atoms with Crippen molar-refractivity contribution in [2.45, 2.75) is 38.5 Å². The number of hydrogen-bond donors (Lipinski definition) is 3. The van der Waals surface area contributed by atoms with Crippen LogP contribution >= 0.6 is 0 Å². The number of aryl methyl sites for hydroxylation is 1. The van der Waals surface area contributed by atoms with Crippen LogP contribution < -0.4 is 10.5 Å². The monoisotopic (exact) mass is 300 g/mol. The van der Waals surface area contributed by atoms with Crippen LogP contribution in [0.2, 0.25) is 0 Å². The van der Waals surface area contributed by atoms with Gasteiger partial charge in [0.05, 0.1) is 5.69 Å². The highest BCUT2D eigenvalue weighted by molar-refractivity contribution is 7.89. The maximum absolute atomic E-state index is 12.4. The van der Waals surface area contributed by atoms with Gasteiger partial charge in [0.1, 0.15) is 4.90 Å². The number of anilines is 1. The van der Waals surface area contributed by atoms with Crippen molar-refractivity contribution in [3.8, 4) is 0 Å². The molecule has 1 aromatic carbocycles. The second kappa shape index (κ2) is 6.56. The van der Waals surface area contributed by atoms with Gasteiger partial charge in [-0.2, -0.15) is 0 Å². The smallest absolute Gasteiger partial charge is 0.242 e. The first-order valence-corrected chi connectivity index (χ1v) is 8.13. The Balaban J connectivity index is 2.86. The normalized spacial score (nSPS) is 12.6. The Morgan fingerprint density at radius 2 is 2.00 bits per heavy atom. The molecular weight excluding hydrogens is 276 g/mol.